The predicted octanol–water partition coefficient (Wildman–Crippen LogP) is 0.984. The molecule has 0 saturated carbocycles. The minimum atomic E-state index is -3.45. The summed E-state index contributed by atoms with van der Waals surface area (Å²) < 4.78 is 30.1. The number of nitrogen functional groups attached to an aromatic ring is 1. The number of hydrogen-bond acceptors (Lipinski definition) is 5. The monoisotopic (exact) mass is 300 g/mol. The van der Waals surface area contributed by atoms with Crippen LogP contribution in [0.1, 0.15) is 18.9 Å². The van der Waals surface area contributed by atoms with E-state index in [1.54, 1.807) is 31.2 Å². The molecule has 0 fully saturated rings. The molecule has 1 aromatic carbocycles. The lowest BCUT2D eigenvalue weighted by molar-refractivity contribution is -0.143. The number of carbonyl (C=O) groups is 1. The lowest BCUT2D eigenvalue weighted by Gasteiger charge is -2.16. The maximum atomic E-state index is 12.1. The van der Waals surface area contributed by atoms with Crippen molar-refractivity contribution in [1.29, 1.82) is 0 Å². The van der Waals surface area contributed by atoms with Crippen LogP contribution in [0.15, 0.2) is 24.3 Å². The van der Waals surface area contributed by atoms with Crippen LogP contribution >= 0.6 is 0 Å². The molecule has 0 aromatic heterocycles. The van der Waals surface area contributed by atoms with Gasteiger partial charge in [-0.05, 0) is 24.6 Å². The summed E-state index contributed by atoms with van der Waals surface area (Å²) in [4.78, 5) is 11.2. The van der Waals surface area contributed by atoms with Crippen LogP contribution in [0, 0.1) is 0 Å². The minimum Gasteiger partial charge on any atom is -0.466 e. The van der Waals surface area contributed by atoms with Gasteiger partial charge in [-0.15, -0.1) is 0 Å². The van der Waals surface area contributed by atoms with Crippen molar-refractivity contribution in [2.75, 3.05) is 25.9 Å². The molecule has 0 amide bonds. The van der Waals surface area contributed by atoms with Crippen LogP contribution in [0.25, 0.3) is 0 Å². The van der Waals surface area contributed by atoms with Gasteiger partial charge < -0.3 is 10.5 Å². The Bertz CT molecular complexity index is 540. The van der Waals surface area contributed by atoms with Crippen LogP contribution in [0.4, 0.5) is 5.69 Å². The van der Waals surface area contributed by atoms with Crippen LogP contribution in [0.3, 0.4) is 0 Å². The van der Waals surface area contributed by atoms with Crippen LogP contribution in [0.5, 0.6) is 0 Å². The first kappa shape index (κ1) is 16.5. The summed E-state index contributed by atoms with van der Waals surface area (Å²) in [5.41, 5.74) is 6.79. The Morgan fingerprint density at radius 1 is 1.30 bits per heavy atom. The van der Waals surface area contributed by atoms with Gasteiger partial charge in [-0.2, -0.15) is 0 Å². The molecule has 0 heterocycles. The van der Waals surface area contributed by atoms with Crippen LogP contribution < -0.4 is 5.73 Å². The van der Waals surface area contributed by atoms with E-state index >= 15 is 0 Å². The molecule has 7 heteroatoms. The second-order valence-corrected chi connectivity index (χ2v) is 6.45. The molecule has 0 radical (unpaired) electrons. The minimum absolute atomic E-state index is 0.0469. The van der Waals surface area contributed by atoms with Crippen molar-refractivity contribution in [2.45, 2.75) is 19.1 Å². The maximum Gasteiger partial charge on any atom is 0.307 e. The van der Waals surface area contributed by atoms with Crippen molar-refractivity contribution in [3.05, 3.63) is 29.8 Å². The highest BCUT2D eigenvalue weighted by Crippen LogP contribution is 2.12. The third kappa shape index (κ3) is 5.18. The molecule has 112 valence electrons. The summed E-state index contributed by atoms with van der Waals surface area (Å²) >= 11 is 0. The lowest BCUT2D eigenvalue weighted by atomic mass is 10.2. The van der Waals surface area contributed by atoms with Crippen LogP contribution in [-0.2, 0) is 25.3 Å². The first-order valence-corrected chi connectivity index (χ1v) is 7.90. The van der Waals surface area contributed by atoms with E-state index in [-0.39, 0.29) is 18.7 Å². The predicted molar refractivity (Wildman–Crippen MR) is 77.4 cm³/mol. The Kier molecular flexibility index (Phi) is 5.97. The highest BCUT2D eigenvalue weighted by atomic mass is 32.2. The van der Waals surface area contributed by atoms with E-state index in [2.05, 4.69) is 0 Å². The fraction of sp³-hybridized carbons (Fsp3) is 0.462. The molecule has 6 nitrogen and oxygen atoms in total. The summed E-state index contributed by atoms with van der Waals surface area (Å²) in [5.74, 6) is -0.519. The number of benzene rings is 1. The Morgan fingerprint density at radius 2 is 1.90 bits per heavy atom. The van der Waals surface area contributed by atoms with E-state index in [0.717, 1.165) is 0 Å². The summed E-state index contributed by atoms with van der Waals surface area (Å²) in [6, 6.07) is 6.66. The Balaban J connectivity index is 2.59. The molecule has 0 bridgehead atoms. The molecule has 0 unspecified atom stereocenters. The first-order chi connectivity index (χ1) is 9.35. The molecule has 20 heavy (non-hydrogen) atoms. The normalized spacial score (nSPS) is 11.6. The summed E-state index contributed by atoms with van der Waals surface area (Å²) in [5, 5.41) is 0. The fourth-order valence-corrected chi connectivity index (χ4v) is 2.76. The van der Waals surface area contributed by atoms with E-state index in [1.165, 1.54) is 11.4 Å². The molecule has 0 saturated heterocycles. The van der Waals surface area contributed by atoms with E-state index < -0.39 is 16.0 Å². The first-order valence-electron chi connectivity index (χ1n) is 6.29. The Morgan fingerprint density at radius 3 is 2.45 bits per heavy atom. The zero-order valence-electron chi connectivity index (χ0n) is 11.7. The van der Waals surface area contributed by atoms with Gasteiger partial charge in [-0.1, -0.05) is 12.1 Å². The number of anilines is 1. The van der Waals surface area contributed by atoms with Gasteiger partial charge in [-0.25, -0.2) is 12.7 Å². The van der Waals surface area contributed by atoms with Gasteiger partial charge in [0.25, 0.3) is 0 Å². The van der Waals surface area contributed by atoms with Gasteiger partial charge in [0, 0.05) is 19.3 Å². The van der Waals surface area contributed by atoms with E-state index in [0.29, 0.717) is 17.9 Å². The van der Waals surface area contributed by atoms with Crippen molar-refractivity contribution in [3.8, 4) is 0 Å². The molecule has 0 spiro atoms. The van der Waals surface area contributed by atoms with E-state index in [9.17, 15) is 13.2 Å². The number of sulfonamides is 1. The molecule has 0 atom stereocenters. The van der Waals surface area contributed by atoms with Crippen molar-refractivity contribution >= 4 is 21.7 Å². The van der Waals surface area contributed by atoms with Gasteiger partial charge >= 0.3 is 5.97 Å². The van der Waals surface area contributed by atoms with Crippen molar-refractivity contribution < 1.29 is 17.9 Å². The largest absolute Gasteiger partial charge is 0.466 e. The van der Waals surface area contributed by atoms with Crippen molar-refractivity contribution in [1.82, 2.24) is 4.31 Å². The molecule has 0 aliphatic carbocycles. The third-order valence-corrected chi connectivity index (χ3v) is 4.57. The number of esters is 1. The smallest absolute Gasteiger partial charge is 0.307 e. The Labute approximate surface area is 119 Å². The zero-order chi connectivity index (χ0) is 15.2. The molecular weight excluding hydrogens is 280 g/mol. The Hall–Kier alpha value is -1.60. The number of carbonyl (C=O) groups excluding carboxylic acids is 1. The van der Waals surface area contributed by atoms with Gasteiger partial charge in [0.1, 0.15) is 0 Å². The second-order valence-electron chi connectivity index (χ2n) is 4.37. The van der Waals surface area contributed by atoms with Crippen molar-refractivity contribution in [2.24, 2.45) is 0 Å². The van der Waals surface area contributed by atoms with Gasteiger partial charge in [-0.3, -0.25) is 4.79 Å². The zero-order valence-corrected chi connectivity index (χ0v) is 12.5. The highest BCUT2D eigenvalue weighted by molar-refractivity contribution is 7.88. The summed E-state index contributed by atoms with van der Waals surface area (Å²) in [7, 11) is -2.00. The molecule has 0 aliphatic heterocycles. The van der Waals surface area contributed by atoms with Gasteiger partial charge in [0.15, 0.2) is 0 Å². The summed E-state index contributed by atoms with van der Waals surface area (Å²) in [6.45, 7) is 2.11. The van der Waals surface area contributed by atoms with Crippen LogP contribution in [-0.4, -0.2) is 38.9 Å². The average Bonchev–Trinajstić information content (AvgIpc) is 2.38. The fourth-order valence-electron chi connectivity index (χ4n) is 1.56. The molecule has 0 aliphatic rings. The quantitative estimate of drug-likeness (QED) is 0.599. The number of nitrogens with zero attached hydrogens (tertiary/aromatic N) is 1. The number of hydrogen-bond donors (Lipinski definition) is 1. The lowest BCUT2D eigenvalue weighted by Crippen LogP contribution is -2.30. The van der Waals surface area contributed by atoms with Gasteiger partial charge in [0.05, 0.1) is 18.8 Å². The maximum absolute atomic E-state index is 12.1. The molecule has 2 N–H and O–H groups in total. The number of nitrogens with two attached hydrogens (primary N) is 1. The summed E-state index contributed by atoms with van der Waals surface area (Å²) in [6.07, 6.45) is 0.0469. The molecule has 1 rings (SSSR count). The average molecular weight is 300 g/mol. The standard InChI is InChI=1S/C13H20N2O4S/c1-3-19-13(16)8-9-15(2)20(17,18)10-11-4-6-12(14)7-5-11/h4-7H,3,8-10,14H2,1-2H3. The second kappa shape index (κ2) is 7.25. The number of ether oxygens (including phenoxy) is 1. The third-order valence-electron chi connectivity index (χ3n) is 2.74. The number of rotatable bonds is 7. The molecular formula is C13H20N2O4S. The SMILES string of the molecule is CCOC(=O)CCN(C)S(=O)(=O)Cc1ccc(N)cc1. The van der Waals surface area contributed by atoms with Crippen molar-refractivity contribution in [3.63, 3.8) is 0 Å². The van der Waals surface area contributed by atoms with E-state index in [4.69, 9.17) is 10.5 Å². The topological polar surface area (TPSA) is 89.7 Å². The highest BCUT2D eigenvalue weighted by Gasteiger charge is 2.19. The van der Waals surface area contributed by atoms with Gasteiger partial charge in [0.2, 0.25) is 10.0 Å². The van der Waals surface area contributed by atoms with E-state index in [1.807, 2.05) is 0 Å². The molecule has 1 aromatic rings. The van der Waals surface area contributed by atoms with Crippen LogP contribution in [0.2, 0.25) is 0 Å².